The summed E-state index contributed by atoms with van der Waals surface area (Å²) in [5, 5.41) is 18.3. The largest absolute Gasteiger partial charge is 0.505 e. The van der Waals surface area contributed by atoms with Crippen LogP contribution in [-0.2, 0) is 5.41 Å². The van der Waals surface area contributed by atoms with Gasteiger partial charge in [0.15, 0.2) is 11.6 Å². The number of hydrogen-bond donors (Lipinski definition) is 2. The Hall–Kier alpha value is -1.16. The molecule has 0 aromatic heterocycles. The van der Waals surface area contributed by atoms with E-state index in [4.69, 9.17) is 5.11 Å². The van der Waals surface area contributed by atoms with E-state index in [1.165, 1.54) is 6.07 Å². The van der Waals surface area contributed by atoms with Gasteiger partial charge in [-0.2, -0.15) is 4.39 Å². The predicted molar refractivity (Wildman–Crippen MR) is 48.1 cm³/mol. The second-order valence-electron chi connectivity index (χ2n) is 3.80. The summed E-state index contributed by atoms with van der Waals surface area (Å²) in [6, 6.07) is 2.20. The highest BCUT2D eigenvalue weighted by Crippen LogP contribution is 2.33. The van der Waals surface area contributed by atoms with E-state index in [9.17, 15) is 13.9 Å². The average molecular weight is 202 g/mol. The van der Waals surface area contributed by atoms with Gasteiger partial charge in [0, 0.05) is 11.0 Å². The SMILES string of the molecule is CC(C)(CO)c1ccc(F)c(F)c1O. The molecule has 0 atom stereocenters. The lowest BCUT2D eigenvalue weighted by atomic mass is 9.85. The molecule has 1 aromatic rings. The van der Waals surface area contributed by atoms with Crippen molar-refractivity contribution in [3.63, 3.8) is 0 Å². The number of benzene rings is 1. The molecular weight excluding hydrogens is 190 g/mol. The Morgan fingerprint density at radius 2 is 1.86 bits per heavy atom. The van der Waals surface area contributed by atoms with Crippen LogP contribution in [0.4, 0.5) is 8.78 Å². The lowest BCUT2D eigenvalue weighted by molar-refractivity contribution is 0.214. The van der Waals surface area contributed by atoms with Gasteiger partial charge in [-0.25, -0.2) is 4.39 Å². The molecule has 0 heterocycles. The predicted octanol–water partition coefficient (Wildman–Crippen LogP) is 1.94. The first kappa shape index (κ1) is 10.9. The van der Waals surface area contributed by atoms with Gasteiger partial charge < -0.3 is 10.2 Å². The maximum Gasteiger partial charge on any atom is 0.200 e. The van der Waals surface area contributed by atoms with E-state index in [1.54, 1.807) is 13.8 Å². The Labute approximate surface area is 80.8 Å². The summed E-state index contributed by atoms with van der Waals surface area (Å²) < 4.78 is 25.6. The van der Waals surface area contributed by atoms with Crippen molar-refractivity contribution in [1.82, 2.24) is 0 Å². The molecule has 78 valence electrons. The minimum absolute atomic E-state index is 0.193. The molecule has 14 heavy (non-hydrogen) atoms. The van der Waals surface area contributed by atoms with Crippen molar-refractivity contribution >= 4 is 0 Å². The Morgan fingerprint density at radius 1 is 1.29 bits per heavy atom. The summed E-state index contributed by atoms with van der Waals surface area (Å²) in [5.41, 5.74) is -0.600. The van der Waals surface area contributed by atoms with Crippen LogP contribution >= 0.6 is 0 Å². The third-order valence-electron chi connectivity index (χ3n) is 2.19. The topological polar surface area (TPSA) is 40.5 Å². The van der Waals surface area contributed by atoms with Gasteiger partial charge in [-0.1, -0.05) is 19.9 Å². The normalized spacial score (nSPS) is 11.8. The molecular formula is C10H12F2O2. The van der Waals surface area contributed by atoms with Gasteiger partial charge in [-0.3, -0.25) is 0 Å². The van der Waals surface area contributed by atoms with E-state index in [-0.39, 0.29) is 12.2 Å². The van der Waals surface area contributed by atoms with E-state index in [2.05, 4.69) is 0 Å². The summed E-state index contributed by atoms with van der Waals surface area (Å²) >= 11 is 0. The summed E-state index contributed by atoms with van der Waals surface area (Å²) in [5.74, 6) is -3.10. The van der Waals surface area contributed by atoms with Crippen molar-refractivity contribution in [2.45, 2.75) is 19.3 Å². The van der Waals surface area contributed by atoms with Gasteiger partial charge in [-0.15, -0.1) is 0 Å². The lowest BCUT2D eigenvalue weighted by Crippen LogP contribution is -2.22. The smallest absolute Gasteiger partial charge is 0.200 e. The van der Waals surface area contributed by atoms with Crippen LogP contribution in [0.1, 0.15) is 19.4 Å². The van der Waals surface area contributed by atoms with E-state index in [0.717, 1.165) is 6.07 Å². The molecule has 4 heteroatoms. The van der Waals surface area contributed by atoms with Crippen LogP contribution in [-0.4, -0.2) is 16.8 Å². The maximum atomic E-state index is 13.0. The van der Waals surface area contributed by atoms with Crippen molar-refractivity contribution in [2.24, 2.45) is 0 Å². The summed E-state index contributed by atoms with van der Waals surface area (Å²) in [4.78, 5) is 0. The summed E-state index contributed by atoms with van der Waals surface area (Å²) in [7, 11) is 0. The molecule has 0 saturated carbocycles. The van der Waals surface area contributed by atoms with Crippen LogP contribution in [0.5, 0.6) is 5.75 Å². The minimum Gasteiger partial charge on any atom is -0.505 e. The zero-order valence-corrected chi connectivity index (χ0v) is 8.01. The van der Waals surface area contributed by atoms with Crippen molar-refractivity contribution in [3.8, 4) is 5.75 Å². The Balaban J connectivity index is 3.31. The highest BCUT2D eigenvalue weighted by atomic mass is 19.2. The standard InChI is InChI=1S/C10H12F2O2/c1-10(2,5-13)6-3-4-7(11)8(12)9(6)14/h3-4,13-14H,5H2,1-2H3. The molecule has 1 rings (SSSR count). The van der Waals surface area contributed by atoms with Crippen LogP contribution in [0.15, 0.2) is 12.1 Å². The number of aliphatic hydroxyl groups is 1. The molecule has 0 aliphatic heterocycles. The molecule has 1 aromatic carbocycles. The Morgan fingerprint density at radius 3 is 2.36 bits per heavy atom. The Bertz CT molecular complexity index is 348. The molecule has 0 aliphatic rings. The van der Waals surface area contributed by atoms with Crippen LogP contribution in [0, 0.1) is 11.6 Å². The van der Waals surface area contributed by atoms with Gasteiger partial charge in [-0.05, 0) is 6.07 Å². The maximum absolute atomic E-state index is 13.0. The number of halogens is 2. The monoisotopic (exact) mass is 202 g/mol. The lowest BCUT2D eigenvalue weighted by Gasteiger charge is -2.23. The van der Waals surface area contributed by atoms with Crippen molar-refractivity contribution < 1.29 is 19.0 Å². The molecule has 0 radical (unpaired) electrons. The van der Waals surface area contributed by atoms with Gasteiger partial charge in [0.1, 0.15) is 0 Å². The summed E-state index contributed by atoms with van der Waals surface area (Å²) in [6.07, 6.45) is 0. The molecule has 0 aliphatic carbocycles. The van der Waals surface area contributed by atoms with E-state index in [1.807, 2.05) is 0 Å². The fourth-order valence-electron chi connectivity index (χ4n) is 1.17. The van der Waals surface area contributed by atoms with Crippen molar-refractivity contribution in [2.75, 3.05) is 6.61 Å². The number of phenols is 1. The molecule has 2 N–H and O–H groups in total. The second-order valence-corrected chi connectivity index (χ2v) is 3.80. The molecule has 0 saturated heterocycles. The van der Waals surface area contributed by atoms with Gasteiger partial charge >= 0.3 is 0 Å². The van der Waals surface area contributed by atoms with Gasteiger partial charge in [0.25, 0.3) is 0 Å². The third-order valence-corrected chi connectivity index (χ3v) is 2.19. The quantitative estimate of drug-likeness (QED) is 0.769. The van der Waals surface area contributed by atoms with Gasteiger partial charge in [0.2, 0.25) is 5.82 Å². The Kier molecular flexibility index (Phi) is 2.76. The number of hydrogen-bond acceptors (Lipinski definition) is 2. The van der Waals surface area contributed by atoms with Crippen molar-refractivity contribution in [1.29, 1.82) is 0 Å². The molecule has 0 bridgehead atoms. The fourth-order valence-corrected chi connectivity index (χ4v) is 1.17. The first-order valence-electron chi connectivity index (χ1n) is 4.18. The third kappa shape index (κ3) is 1.70. The number of aromatic hydroxyl groups is 1. The molecule has 0 fully saturated rings. The van der Waals surface area contributed by atoms with E-state index in [0.29, 0.717) is 0 Å². The van der Waals surface area contributed by atoms with E-state index < -0.39 is 22.8 Å². The molecule has 0 amide bonds. The molecule has 2 nitrogen and oxygen atoms in total. The van der Waals surface area contributed by atoms with Crippen molar-refractivity contribution in [3.05, 3.63) is 29.3 Å². The number of phenolic OH excluding ortho intramolecular Hbond substituents is 1. The average Bonchev–Trinajstić information content (AvgIpc) is 2.14. The second kappa shape index (κ2) is 3.53. The molecule has 0 spiro atoms. The first-order chi connectivity index (χ1) is 6.40. The van der Waals surface area contributed by atoms with Crippen LogP contribution < -0.4 is 0 Å². The fraction of sp³-hybridized carbons (Fsp3) is 0.400. The zero-order chi connectivity index (χ0) is 10.9. The minimum atomic E-state index is -1.27. The summed E-state index contributed by atoms with van der Waals surface area (Å²) in [6.45, 7) is 2.99. The highest BCUT2D eigenvalue weighted by molar-refractivity contribution is 5.39. The molecule has 0 unspecified atom stereocenters. The number of rotatable bonds is 2. The highest BCUT2D eigenvalue weighted by Gasteiger charge is 2.25. The van der Waals surface area contributed by atoms with Crippen LogP contribution in [0.3, 0.4) is 0 Å². The number of aliphatic hydroxyl groups excluding tert-OH is 1. The van der Waals surface area contributed by atoms with Crippen LogP contribution in [0.2, 0.25) is 0 Å². The first-order valence-corrected chi connectivity index (χ1v) is 4.18. The van der Waals surface area contributed by atoms with Gasteiger partial charge in [0.05, 0.1) is 6.61 Å². The zero-order valence-electron chi connectivity index (χ0n) is 8.01. The van der Waals surface area contributed by atoms with E-state index >= 15 is 0 Å². The van der Waals surface area contributed by atoms with Crippen LogP contribution in [0.25, 0.3) is 0 Å².